The van der Waals surface area contributed by atoms with E-state index in [4.69, 9.17) is 17.3 Å². The maximum Gasteiger partial charge on any atom is 0.0575 e. The van der Waals surface area contributed by atoms with Gasteiger partial charge >= 0.3 is 0 Å². The van der Waals surface area contributed by atoms with Crippen LogP contribution in [0.15, 0.2) is 18.2 Å². The molecular weight excluding hydrogens is 248 g/mol. The molecule has 4 nitrogen and oxygen atoms in total. The number of benzene rings is 1. The van der Waals surface area contributed by atoms with Crippen LogP contribution in [0.3, 0.4) is 0 Å². The fourth-order valence-electron chi connectivity index (χ4n) is 2.24. The highest BCUT2D eigenvalue weighted by atomic mass is 35.5. The third-order valence-corrected chi connectivity index (χ3v) is 3.76. The smallest absolute Gasteiger partial charge is 0.0575 e. The van der Waals surface area contributed by atoms with Crippen molar-refractivity contribution in [1.82, 2.24) is 9.80 Å². The molecule has 5 heteroatoms. The van der Waals surface area contributed by atoms with Gasteiger partial charge in [0.1, 0.15) is 0 Å². The van der Waals surface area contributed by atoms with Crippen LogP contribution in [-0.4, -0.2) is 56.1 Å². The molecule has 1 saturated heterocycles. The van der Waals surface area contributed by atoms with Crippen LogP contribution in [0.2, 0.25) is 5.02 Å². The number of likely N-dealkylation sites (N-methyl/N-ethyl adjacent to an activating group) is 2. The predicted octanol–water partition coefficient (Wildman–Crippen LogP) is 1.58. The number of anilines is 2. The van der Waals surface area contributed by atoms with Crippen molar-refractivity contribution in [2.45, 2.75) is 6.04 Å². The summed E-state index contributed by atoms with van der Waals surface area (Å²) in [4.78, 5) is 4.75. The number of rotatable bonds is 3. The third-order valence-electron chi connectivity index (χ3n) is 3.52. The lowest BCUT2D eigenvalue weighted by Crippen LogP contribution is -2.52. The number of nitrogens with zero attached hydrogens (tertiary/aromatic N) is 2. The first-order valence-corrected chi connectivity index (χ1v) is 6.62. The molecule has 0 saturated carbocycles. The molecule has 0 spiro atoms. The first-order valence-electron chi connectivity index (χ1n) is 6.24. The molecule has 1 unspecified atom stereocenters. The van der Waals surface area contributed by atoms with Gasteiger partial charge in [-0.15, -0.1) is 0 Å². The Labute approximate surface area is 114 Å². The number of piperazine rings is 1. The van der Waals surface area contributed by atoms with E-state index < -0.39 is 0 Å². The van der Waals surface area contributed by atoms with Crippen molar-refractivity contribution in [3.63, 3.8) is 0 Å². The second-order valence-electron chi connectivity index (χ2n) is 5.01. The van der Waals surface area contributed by atoms with Gasteiger partial charge in [0.15, 0.2) is 0 Å². The summed E-state index contributed by atoms with van der Waals surface area (Å²) in [5, 5.41) is 4.08. The Balaban J connectivity index is 1.94. The number of hydrogen-bond donors (Lipinski definition) is 2. The normalized spacial score (nSPS) is 22.1. The Bertz CT molecular complexity index is 410. The van der Waals surface area contributed by atoms with Crippen LogP contribution in [0.25, 0.3) is 0 Å². The van der Waals surface area contributed by atoms with Gasteiger partial charge in [-0.2, -0.15) is 0 Å². The fourth-order valence-corrected chi connectivity index (χ4v) is 2.42. The maximum atomic E-state index is 5.93. The van der Waals surface area contributed by atoms with Crippen LogP contribution in [0.5, 0.6) is 0 Å². The second-order valence-corrected chi connectivity index (χ2v) is 5.45. The summed E-state index contributed by atoms with van der Waals surface area (Å²) in [6, 6.07) is 6.08. The van der Waals surface area contributed by atoms with E-state index in [-0.39, 0.29) is 0 Å². The number of nitrogens with two attached hydrogens (primary N) is 1. The van der Waals surface area contributed by atoms with Gasteiger partial charge in [-0.05, 0) is 32.3 Å². The van der Waals surface area contributed by atoms with E-state index in [9.17, 15) is 0 Å². The minimum atomic E-state index is 0.513. The predicted molar refractivity (Wildman–Crippen MR) is 78.3 cm³/mol. The molecule has 0 aliphatic carbocycles. The molecule has 1 aromatic carbocycles. The fraction of sp³-hybridized carbons (Fsp3) is 0.538. The van der Waals surface area contributed by atoms with Crippen LogP contribution < -0.4 is 11.1 Å². The van der Waals surface area contributed by atoms with Crippen molar-refractivity contribution in [2.24, 2.45) is 0 Å². The molecule has 1 aliphatic rings. The minimum absolute atomic E-state index is 0.513. The number of nitrogens with one attached hydrogen (secondary N) is 1. The minimum Gasteiger partial charge on any atom is -0.397 e. The van der Waals surface area contributed by atoms with Crippen molar-refractivity contribution >= 4 is 23.0 Å². The van der Waals surface area contributed by atoms with E-state index in [0.29, 0.717) is 16.8 Å². The van der Waals surface area contributed by atoms with Gasteiger partial charge < -0.3 is 16.0 Å². The van der Waals surface area contributed by atoms with Crippen LogP contribution in [0, 0.1) is 0 Å². The summed E-state index contributed by atoms with van der Waals surface area (Å²) in [6.45, 7) is 4.22. The average Bonchev–Trinajstić information content (AvgIpc) is 2.32. The topological polar surface area (TPSA) is 44.5 Å². The van der Waals surface area contributed by atoms with Gasteiger partial charge in [0, 0.05) is 37.2 Å². The molecule has 1 aromatic rings. The van der Waals surface area contributed by atoms with Crippen molar-refractivity contribution in [3.05, 3.63) is 23.2 Å². The first-order chi connectivity index (χ1) is 8.56. The molecule has 0 bridgehead atoms. The van der Waals surface area contributed by atoms with Crippen molar-refractivity contribution in [2.75, 3.05) is 51.3 Å². The summed E-state index contributed by atoms with van der Waals surface area (Å²) < 4.78 is 0. The summed E-state index contributed by atoms with van der Waals surface area (Å²) in [5.74, 6) is 0. The Kier molecular flexibility index (Phi) is 4.32. The summed E-state index contributed by atoms with van der Waals surface area (Å²) >= 11 is 5.89. The van der Waals surface area contributed by atoms with Gasteiger partial charge in [0.05, 0.1) is 11.4 Å². The molecule has 3 N–H and O–H groups in total. The SMILES string of the molecule is CN1CCN(C)C(CNc2ccc(Cl)cc2N)C1. The lowest BCUT2D eigenvalue weighted by Gasteiger charge is -2.38. The highest BCUT2D eigenvalue weighted by Gasteiger charge is 2.21. The molecule has 1 heterocycles. The Morgan fingerprint density at radius 3 is 2.89 bits per heavy atom. The van der Waals surface area contributed by atoms with Gasteiger partial charge in [-0.1, -0.05) is 11.6 Å². The molecular formula is C13H21ClN4. The van der Waals surface area contributed by atoms with E-state index >= 15 is 0 Å². The van der Waals surface area contributed by atoms with Crippen molar-refractivity contribution < 1.29 is 0 Å². The molecule has 1 atom stereocenters. The lowest BCUT2D eigenvalue weighted by molar-refractivity contribution is 0.122. The monoisotopic (exact) mass is 268 g/mol. The Hall–Kier alpha value is -0.970. The molecule has 18 heavy (non-hydrogen) atoms. The van der Waals surface area contributed by atoms with Gasteiger partial charge in [0.2, 0.25) is 0 Å². The molecule has 100 valence electrons. The Morgan fingerprint density at radius 1 is 1.39 bits per heavy atom. The van der Waals surface area contributed by atoms with E-state index in [1.807, 2.05) is 12.1 Å². The van der Waals surface area contributed by atoms with Crippen LogP contribution >= 0.6 is 11.6 Å². The zero-order valence-corrected chi connectivity index (χ0v) is 11.7. The van der Waals surface area contributed by atoms with Crippen LogP contribution in [0.4, 0.5) is 11.4 Å². The summed E-state index contributed by atoms with van der Waals surface area (Å²) in [6.07, 6.45) is 0. The molecule has 1 fully saturated rings. The van der Waals surface area contributed by atoms with Crippen LogP contribution in [0.1, 0.15) is 0 Å². The molecule has 2 rings (SSSR count). The van der Waals surface area contributed by atoms with Crippen molar-refractivity contribution in [3.8, 4) is 0 Å². The zero-order chi connectivity index (χ0) is 13.1. The maximum absolute atomic E-state index is 5.93. The Morgan fingerprint density at radius 2 is 2.17 bits per heavy atom. The average molecular weight is 269 g/mol. The molecule has 1 aliphatic heterocycles. The van der Waals surface area contributed by atoms with Gasteiger partial charge in [-0.25, -0.2) is 0 Å². The lowest BCUT2D eigenvalue weighted by atomic mass is 10.1. The first kappa shape index (κ1) is 13.5. The largest absolute Gasteiger partial charge is 0.397 e. The van der Waals surface area contributed by atoms with Gasteiger partial charge in [0.25, 0.3) is 0 Å². The van der Waals surface area contributed by atoms with E-state index in [1.54, 1.807) is 6.07 Å². The summed E-state index contributed by atoms with van der Waals surface area (Å²) in [5.41, 5.74) is 7.59. The zero-order valence-electron chi connectivity index (χ0n) is 11.0. The molecule has 0 amide bonds. The molecule has 0 radical (unpaired) electrons. The number of halogens is 1. The number of hydrogen-bond acceptors (Lipinski definition) is 4. The highest BCUT2D eigenvalue weighted by Crippen LogP contribution is 2.22. The van der Waals surface area contributed by atoms with Gasteiger partial charge in [-0.3, -0.25) is 4.90 Å². The van der Waals surface area contributed by atoms with E-state index in [1.165, 1.54) is 0 Å². The van der Waals surface area contributed by atoms with E-state index in [0.717, 1.165) is 31.9 Å². The highest BCUT2D eigenvalue weighted by molar-refractivity contribution is 6.31. The standard InChI is InChI=1S/C13H21ClN4/c1-17-5-6-18(2)11(9-17)8-16-13-4-3-10(14)7-12(13)15/h3-4,7,11,16H,5-6,8-9,15H2,1-2H3. The van der Waals surface area contributed by atoms with E-state index in [2.05, 4.69) is 29.2 Å². The van der Waals surface area contributed by atoms with Crippen molar-refractivity contribution in [1.29, 1.82) is 0 Å². The van der Waals surface area contributed by atoms with Crippen LogP contribution in [-0.2, 0) is 0 Å². The third kappa shape index (κ3) is 3.28. The second kappa shape index (κ2) is 5.78. The quantitative estimate of drug-likeness (QED) is 0.817. The molecule has 0 aromatic heterocycles. The number of nitrogen functional groups attached to an aromatic ring is 1. The summed E-state index contributed by atoms with van der Waals surface area (Å²) in [7, 11) is 4.33.